The van der Waals surface area contributed by atoms with Gasteiger partial charge in [0.1, 0.15) is 12.4 Å². The fourth-order valence-electron chi connectivity index (χ4n) is 2.32. The largest absolute Gasteiger partial charge is 0.337 e. The predicted octanol–water partition coefficient (Wildman–Crippen LogP) is 3.27. The lowest BCUT2D eigenvalue weighted by Gasteiger charge is -1.98. The molecular formula is C16H11FN4O. The van der Waals surface area contributed by atoms with Gasteiger partial charge >= 0.3 is 0 Å². The van der Waals surface area contributed by atoms with E-state index in [-0.39, 0.29) is 5.82 Å². The molecule has 4 aromatic rings. The zero-order valence-corrected chi connectivity index (χ0v) is 11.5. The van der Waals surface area contributed by atoms with Gasteiger partial charge in [-0.05, 0) is 30.3 Å². The first kappa shape index (κ1) is 12.7. The number of hydrogen-bond acceptors (Lipinski definition) is 4. The molecule has 5 nitrogen and oxygen atoms in total. The molecule has 0 atom stereocenters. The van der Waals surface area contributed by atoms with Gasteiger partial charge in [-0.1, -0.05) is 23.4 Å². The van der Waals surface area contributed by atoms with Gasteiger partial charge in [-0.25, -0.2) is 4.39 Å². The first-order valence-electron chi connectivity index (χ1n) is 6.79. The van der Waals surface area contributed by atoms with Gasteiger partial charge < -0.3 is 4.52 Å². The first-order valence-corrected chi connectivity index (χ1v) is 6.79. The van der Waals surface area contributed by atoms with Crippen LogP contribution in [0.5, 0.6) is 0 Å². The van der Waals surface area contributed by atoms with Crippen molar-refractivity contribution in [3.8, 4) is 11.4 Å². The molecule has 6 heteroatoms. The molecule has 108 valence electrons. The topological polar surface area (TPSA) is 56.7 Å². The van der Waals surface area contributed by atoms with E-state index < -0.39 is 0 Å². The van der Waals surface area contributed by atoms with Gasteiger partial charge in [-0.2, -0.15) is 10.1 Å². The van der Waals surface area contributed by atoms with Gasteiger partial charge in [0.15, 0.2) is 0 Å². The molecule has 0 unspecified atom stereocenters. The highest BCUT2D eigenvalue weighted by atomic mass is 19.1. The van der Waals surface area contributed by atoms with Crippen molar-refractivity contribution < 1.29 is 8.91 Å². The van der Waals surface area contributed by atoms with E-state index in [1.165, 1.54) is 12.1 Å². The minimum absolute atomic E-state index is 0.296. The monoisotopic (exact) mass is 294 g/mol. The summed E-state index contributed by atoms with van der Waals surface area (Å²) in [6.07, 6.45) is 1.80. The van der Waals surface area contributed by atoms with E-state index in [4.69, 9.17) is 4.52 Å². The molecule has 0 saturated heterocycles. The smallest absolute Gasteiger partial charge is 0.248 e. The van der Waals surface area contributed by atoms with Gasteiger partial charge in [-0.15, -0.1) is 0 Å². The summed E-state index contributed by atoms with van der Waals surface area (Å²) in [5, 5.41) is 9.31. The van der Waals surface area contributed by atoms with Crippen molar-refractivity contribution in [1.82, 2.24) is 19.9 Å². The quantitative estimate of drug-likeness (QED) is 0.582. The number of hydrogen-bond donors (Lipinski definition) is 0. The fraction of sp³-hybridized carbons (Fsp3) is 0.0625. The second kappa shape index (κ2) is 5.07. The van der Waals surface area contributed by atoms with Crippen LogP contribution < -0.4 is 0 Å². The molecule has 0 N–H and O–H groups in total. The van der Waals surface area contributed by atoms with E-state index in [0.717, 1.165) is 10.9 Å². The van der Waals surface area contributed by atoms with Crippen LogP contribution in [0.25, 0.3) is 22.3 Å². The maximum absolute atomic E-state index is 12.9. The van der Waals surface area contributed by atoms with Crippen molar-refractivity contribution in [3.63, 3.8) is 0 Å². The van der Waals surface area contributed by atoms with Crippen LogP contribution in [0.15, 0.2) is 59.3 Å². The Hall–Kier alpha value is -3.02. The number of para-hydroxylation sites is 1. The number of rotatable bonds is 3. The highest BCUT2D eigenvalue weighted by molar-refractivity contribution is 5.78. The van der Waals surface area contributed by atoms with Crippen LogP contribution in [0, 0.1) is 5.82 Å². The van der Waals surface area contributed by atoms with Crippen molar-refractivity contribution >= 4 is 10.9 Å². The fourth-order valence-corrected chi connectivity index (χ4v) is 2.32. The lowest BCUT2D eigenvalue weighted by molar-refractivity contribution is 0.368. The zero-order chi connectivity index (χ0) is 14.9. The van der Waals surface area contributed by atoms with E-state index in [0.29, 0.717) is 23.8 Å². The average molecular weight is 294 g/mol. The van der Waals surface area contributed by atoms with Gasteiger partial charge in [0.25, 0.3) is 0 Å². The van der Waals surface area contributed by atoms with Crippen LogP contribution >= 0.6 is 0 Å². The minimum Gasteiger partial charge on any atom is -0.337 e. The zero-order valence-electron chi connectivity index (χ0n) is 11.5. The van der Waals surface area contributed by atoms with Crippen LogP contribution in [0.2, 0.25) is 0 Å². The maximum atomic E-state index is 12.9. The lowest BCUT2D eigenvalue weighted by atomic mass is 10.2. The summed E-state index contributed by atoms with van der Waals surface area (Å²) in [6, 6.07) is 13.9. The predicted molar refractivity (Wildman–Crippen MR) is 78.5 cm³/mol. The normalized spacial score (nSPS) is 11.1. The minimum atomic E-state index is -0.296. The number of benzene rings is 2. The molecule has 0 spiro atoms. The van der Waals surface area contributed by atoms with Crippen molar-refractivity contribution in [3.05, 3.63) is 66.4 Å². The number of aromatic nitrogens is 4. The van der Waals surface area contributed by atoms with Crippen molar-refractivity contribution in [2.24, 2.45) is 0 Å². The van der Waals surface area contributed by atoms with Crippen LogP contribution in [-0.2, 0) is 6.54 Å². The number of halogens is 1. The van der Waals surface area contributed by atoms with Gasteiger partial charge in [0.2, 0.25) is 11.7 Å². The van der Waals surface area contributed by atoms with Crippen LogP contribution in [0.4, 0.5) is 4.39 Å². The summed E-state index contributed by atoms with van der Waals surface area (Å²) in [5.41, 5.74) is 1.71. The Morgan fingerprint density at radius 2 is 1.86 bits per heavy atom. The molecule has 0 radical (unpaired) electrons. The van der Waals surface area contributed by atoms with E-state index in [1.54, 1.807) is 23.0 Å². The first-order chi connectivity index (χ1) is 10.8. The average Bonchev–Trinajstić information content (AvgIpc) is 3.16. The maximum Gasteiger partial charge on any atom is 0.248 e. The van der Waals surface area contributed by atoms with Crippen molar-refractivity contribution in [1.29, 1.82) is 0 Å². The summed E-state index contributed by atoms with van der Waals surface area (Å²) >= 11 is 0. The Balaban J connectivity index is 1.63. The SMILES string of the molecule is Fc1ccc(-c2noc(Cn3ncc4ccccc43)n2)cc1. The molecule has 2 heterocycles. The summed E-state index contributed by atoms with van der Waals surface area (Å²) in [6.45, 7) is 0.391. The van der Waals surface area contributed by atoms with Crippen LogP contribution in [0.3, 0.4) is 0 Å². The lowest BCUT2D eigenvalue weighted by Crippen LogP contribution is -2.01. The third kappa shape index (κ3) is 2.24. The Labute approximate surface area is 125 Å². The van der Waals surface area contributed by atoms with E-state index >= 15 is 0 Å². The van der Waals surface area contributed by atoms with Gasteiger partial charge in [-0.3, -0.25) is 4.68 Å². The highest BCUT2D eigenvalue weighted by Crippen LogP contribution is 2.18. The Morgan fingerprint density at radius 3 is 2.73 bits per heavy atom. The number of nitrogens with zero attached hydrogens (tertiary/aromatic N) is 4. The summed E-state index contributed by atoms with van der Waals surface area (Å²) in [4.78, 5) is 4.33. The Kier molecular flexibility index (Phi) is 2.93. The van der Waals surface area contributed by atoms with E-state index in [9.17, 15) is 4.39 Å². The summed E-state index contributed by atoms with van der Waals surface area (Å²) in [5.74, 6) is 0.593. The molecule has 0 saturated carbocycles. The standard InChI is InChI=1S/C16H11FN4O/c17-13-7-5-11(6-8-13)16-19-15(22-20-16)10-21-14-4-2-1-3-12(14)9-18-21/h1-9H,10H2. The number of fused-ring (bicyclic) bond motifs is 1. The van der Waals surface area contributed by atoms with Gasteiger partial charge in [0.05, 0.1) is 11.7 Å². The summed E-state index contributed by atoms with van der Waals surface area (Å²) < 4.78 is 20.0. The second-order valence-electron chi connectivity index (χ2n) is 4.88. The highest BCUT2D eigenvalue weighted by Gasteiger charge is 2.11. The summed E-state index contributed by atoms with van der Waals surface area (Å²) in [7, 11) is 0. The molecule has 0 aliphatic rings. The molecule has 2 aromatic carbocycles. The third-order valence-corrected chi connectivity index (χ3v) is 3.41. The molecule has 0 aliphatic heterocycles. The van der Waals surface area contributed by atoms with E-state index in [1.807, 2.05) is 24.3 Å². The van der Waals surface area contributed by atoms with Gasteiger partial charge in [0, 0.05) is 10.9 Å². The molecule has 22 heavy (non-hydrogen) atoms. The van der Waals surface area contributed by atoms with Crippen LogP contribution in [-0.4, -0.2) is 19.9 Å². The molecule has 2 aromatic heterocycles. The van der Waals surface area contributed by atoms with Crippen molar-refractivity contribution in [2.75, 3.05) is 0 Å². The molecule has 0 amide bonds. The molecule has 0 bridgehead atoms. The molecule has 4 rings (SSSR count). The third-order valence-electron chi connectivity index (χ3n) is 3.41. The molecule has 0 aliphatic carbocycles. The second-order valence-corrected chi connectivity index (χ2v) is 4.88. The Morgan fingerprint density at radius 1 is 1.05 bits per heavy atom. The van der Waals surface area contributed by atoms with E-state index in [2.05, 4.69) is 15.2 Å². The van der Waals surface area contributed by atoms with Crippen LogP contribution in [0.1, 0.15) is 5.89 Å². The molecular weight excluding hydrogens is 283 g/mol. The Bertz CT molecular complexity index is 927. The van der Waals surface area contributed by atoms with Crippen molar-refractivity contribution in [2.45, 2.75) is 6.54 Å². The molecule has 0 fully saturated rings.